The van der Waals surface area contributed by atoms with E-state index in [2.05, 4.69) is 10.6 Å². The van der Waals surface area contributed by atoms with Gasteiger partial charge in [-0.1, -0.05) is 49.4 Å². The number of para-hydroxylation sites is 1. The second-order valence-electron chi connectivity index (χ2n) is 7.16. The molecule has 2 N–H and O–H groups in total. The van der Waals surface area contributed by atoms with Gasteiger partial charge in [-0.2, -0.15) is 0 Å². The normalized spacial score (nSPS) is 11.7. The van der Waals surface area contributed by atoms with Crippen molar-refractivity contribution in [2.24, 2.45) is 0 Å². The maximum Gasteiger partial charge on any atom is 0.265 e. The highest BCUT2D eigenvalue weighted by molar-refractivity contribution is 6.04. The van der Waals surface area contributed by atoms with Gasteiger partial charge >= 0.3 is 0 Å². The Kier molecular flexibility index (Phi) is 8.01. The molecule has 0 heterocycles. The molecule has 3 aromatic rings. The first-order valence-electron chi connectivity index (χ1n) is 10.4. The SMILES string of the molecule is CC[C@@H](Oc1ccc2ccccc2c1)C(=O)Nc1ccccc1C(=O)NCCCOC. The van der Waals surface area contributed by atoms with Crippen molar-refractivity contribution in [2.75, 3.05) is 25.6 Å². The fourth-order valence-electron chi connectivity index (χ4n) is 3.24. The van der Waals surface area contributed by atoms with Crippen LogP contribution in [0.1, 0.15) is 30.1 Å². The van der Waals surface area contributed by atoms with Gasteiger partial charge in [0, 0.05) is 20.3 Å². The van der Waals surface area contributed by atoms with Gasteiger partial charge in [0.25, 0.3) is 11.8 Å². The second-order valence-corrected chi connectivity index (χ2v) is 7.16. The molecule has 0 saturated carbocycles. The number of nitrogens with one attached hydrogen (secondary N) is 2. The Morgan fingerprint density at radius 1 is 0.968 bits per heavy atom. The van der Waals surface area contributed by atoms with Gasteiger partial charge in [-0.15, -0.1) is 0 Å². The van der Waals surface area contributed by atoms with Crippen molar-refractivity contribution in [3.05, 3.63) is 72.3 Å². The van der Waals surface area contributed by atoms with Gasteiger partial charge < -0.3 is 20.1 Å². The predicted octanol–water partition coefficient (Wildman–Crippen LogP) is 4.40. The van der Waals surface area contributed by atoms with Gasteiger partial charge in [0.05, 0.1) is 11.3 Å². The van der Waals surface area contributed by atoms with E-state index in [1.807, 2.05) is 49.4 Å². The molecule has 162 valence electrons. The maximum absolute atomic E-state index is 12.9. The van der Waals surface area contributed by atoms with Crippen LogP contribution in [0, 0.1) is 0 Å². The van der Waals surface area contributed by atoms with Crippen LogP contribution in [0.5, 0.6) is 5.75 Å². The first-order valence-corrected chi connectivity index (χ1v) is 10.4. The summed E-state index contributed by atoms with van der Waals surface area (Å²) in [6, 6.07) is 20.7. The van der Waals surface area contributed by atoms with E-state index in [0.29, 0.717) is 43.0 Å². The van der Waals surface area contributed by atoms with E-state index in [1.165, 1.54) is 0 Å². The molecule has 0 saturated heterocycles. The number of amides is 2. The summed E-state index contributed by atoms with van der Waals surface area (Å²) in [5, 5.41) is 7.85. The Morgan fingerprint density at radius 2 is 1.71 bits per heavy atom. The molecular formula is C25H28N2O4. The third-order valence-electron chi connectivity index (χ3n) is 4.90. The van der Waals surface area contributed by atoms with Crippen LogP contribution >= 0.6 is 0 Å². The van der Waals surface area contributed by atoms with Crippen molar-refractivity contribution < 1.29 is 19.1 Å². The van der Waals surface area contributed by atoms with Crippen LogP contribution in [0.25, 0.3) is 10.8 Å². The minimum absolute atomic E-state index is 0.240. The van der Waals surface area contributed by atoms with Gasteiger partial charge in [-0.3, -0.25) is 9.59 Å². The third kappa shape index (κ3) is 6.06. The Balaban J connectivity index is 1.68. The molecule has 0 bridgehead atoms. The number of carbonyl (C=O) groups is 2. The van der Waals surface area contributed by atoms with E-state index in [1.54, 1.807) is 31.4 Å². The minimum atomic E-state index is -0.681. The molecule has 0 unspecified atom stereocenters. The van der Waals surface area contributed by atoms with E-state index >= 15 is 0 Å². The van der Waals surface area contributed by atoms with Crippen LogP contribution in [0.4, 0.5) is 5.69 Å². The van der Waals surface area contributed by atoms with Gasteiger partial charge in [0.15, 0.2) is 6.10 Å². The summed E-state index contributed by atoms with van der Waals surface area (Å²) in [5.74, 6) is 0.0932. The first kappa shape index (κ1) is 22.3. The largest absolute Gasteiger partial charge is 0.481 e. The van der Waals surface area contributed by atoms with E-state index in [0.717, 1.165) is 10.8 Å². The van der Waals surface area contributed by atoms with E-state index in [-0.39, 0.29) is 11.8 Å². The molecule has 0 aromatic heterocycles. The molecule has 6 heteroatoms. The van der Waals surface area contributed by atoms with Crippen LogP contribution in [-0.2, 0) is 9.53 Å². The molecular weight excluding hydrogens is 392 g/mol. The van der Waals surface area contributed by atoms with Gasteiger partial charge in [-0.05, 0) is 47.9 Å². The number of rotatable bonds is 10. The highest BCUT2D eigenvalue weighted by Gasteiger charge is 2.21. The zero-order chi connectivity index (χ0) is 22.1. The maximum atomic E-state index is 12.9. The number of fused-ring (bicyclic) bond motifs is 1. The minimum Gasteiger partial charge on any atom is -0.481 e. The number of ether oxygens (including phenoxy) is 2. The van der Waals surface area contributed by atoms with Crippen molar-refractivity contribution >= 4 is 28.3 Å². The Bertz CT molecular complexity index is 1030. The highest BCUT2D eigenvalue weighted by Crippen LogP contribution is 2.23. The van der Waals surface area contributed by atoms with E-state index < -0.39 is 6.10 Å². The number of hydrogen-bond donors (Lipinski definition) is 2. The predicted molar refractivity (Wildman–Crippen MR) is 123 cm³/mol. The van der Waals surface area contributed by atoms with Crippen molar-refractivity contribution in [3.8, 4) is 5.75 Å². The summed E-state index contributed by atoms with van der Waals surface area (Å²) in [7, 11) is 1.62. The lowest BCUT2D eigenvalue weighted by atomic mass is 10.1. The number of benzene rings is 3. The summed E-state index contributed by atoms with van der Waals surface area (Å²) in [6.07, 6.45) is 0.525. The van der Waals surface area contributed by atoms with Crippen molar-refractivity contribution in [1.29, 1.82) is 0 Å². The van der Waals surface area contributed by atoms with Crippen molar-refractivity contribution in [1.82, 2.24) is 5.32 Å². The summed E-state index contributed by atoms with van der Waals surface area (Å²) >= 11 is 0. The zero-order valence-electron chi connectivity index (χ0n) is 17.9. The van der Waals surface area contributed by atoms with Crippen molar-refractivity contribution in [3.63, 3.8) is 0 Å². The third-order valence-corrected chi connectivity index (χ3v) is 4.90. The molecule has 0 aliphatic heterocycles. The van der Waals surface area contributed by atoms with Crippen LogP contribution < -0.4 is 15.4 Å². The first-order chi connectivity index (χ1) is 15.1. The van der Waals surface area contributed by atoms with Crippen LogP contribution in [-0.4, -0.2) is 38.2 Å². The number of carbonyl (C=O) groups excluding carboxylic acids is 2. The summed E-state index contributed by atoms with van der Waals surface area (Å²) in [4.78, 5) is 25.4. The van der Waals surface area contributed by atoms with Crippen LogP contribution in [0.2, 0.25) is 0 Å². The summed E-state index contributed by atoms with van der Waals surface area (Å²) < 4.78 is 11.0. The fraction of sp³-hybridized carbons (Fsp3) is 0.280. The lowest BCUT2D eigenvalue weighted by Gasteiger charge is -2.19. The average molecular weight is 421 g/mol. The average Bonchev–Trinajstić information content (AvgIpc) is 2.80. The fourth-order valence-corrected chi connectivity index (χ4v) is 3.24. The topological polar surface area (TPSA) is 76.7 Å². The second kappa shape index (κ2) is 11.1. The van der Waals surface area contributed by atoms with Gasteiger partial charge in [-0.25, -0.2) is 0 Å². The lowest BCUT2D eigenvalue weighted by molar-refractivity contribution is -0.122. The lowest BCUT2D eigenvalue weighted by Crippen LogP contribution is -2.33. The summed E-state index contributed by atoms with van der Waals surface area (Å²) in [6.45, 7) is 2.96. The van der Waals surface area contributed by atoms with Crippen LogP contribution in [0.15, 0.2) is 66.7 Å². The molecule has 6 nitrogen and oxygen atoms in total. The Labute approximate surface area is 182 Å². The molecule has 0 aliphatic rings. The van der Waals surface area contributed by atoms with Gasteiger partial charge in [0.1, 0.15) is 5.75 Å². The molecule has 1 atom stereocenters. The highest BCUT2D eigenvalue weighted by atomic mass is 16.5. The molecule has 0 aliphatic carbocycles. The Morgan fingerprint density at radius 3 is 2.48 bits per heavy atom. The monoisotopic (exact) mass is 420 g/mol. The standard InChI is InChI=1S/C25H28N2O4/c1-3-23(31-20-14-13-18-9-4-5-10-19(18)17-20)25(29)27-22-12-7-6-11-21(22)24(28)26-15-8-16-30-2/h4-7,9-14,17,23H,3,8,15-16H2,1-2H3,(H,26,28)(H,27,29)/t23-/m1/s1. The quantitative estimate of drug-likeness (QED) is 0.477. The molecule has 3 aromatic carbocycles. The molecule has 2 amide bonds. The molecule has 0 radical (unpaired) electrons. The summed E-state index contributed by atoms with van der Waals surface area (Å²) in [5.41, 5.74) is 0.867. The van der Waals surface area contributed by atoms with Crippen molar-refractivity contribution in [2.45, 2.75) is 25.9 Å². The zero-order valence-corrected chi connectivity index (χ0v) is 17.9. The Hall–Kier alpha value is -3.38. The van der Waals surface area contributed by atoms with Gasteiger partial charge in [0.2, 0.25) is 0 Å². The van der Waals surface area contributed by atoms with E-state index in [4.69, 9.17) is 9.47 Å². The molecule has 0 spiro atoms. The molecule has 31 heavy (non-hydrogen) atoms. The number of hydrogen-bond acceptors (Lipinski definition) is 4. The number of methoxy groups -OCH3 is 1. The molecule has 3 rings (SSSR count). The molecule has 0 fully saturated rings. The smallest absolute Gasteiger partial charge is 0.265 e. The van der Waals surface area contributed by atoms with Crippen LogP contribution in [0.3, 0.4) is 0 Å². The number of anilines is 1. The van der Waals surface area contributed by atoms with E-state index in [9.17, 15) is 9.59 Å².